The Kier molecular flexibility index (Phi) is 8.52. The number of aromatic hydroxyl groups is 6. The van der Waals surface area contributed by atoms with Gasteiger partial charge in [0.1, 0.15) is 28.7 Å². The molecule has 0 saturated heterocycles. The van der Waals surface area contributed by atoms with Gasteiger partial charge >= 0.3 is 0 Å². The van der Waals surface area contributed by atoms with Gasteiger partial charge in [-0.2, -0.15) is 0 Å². The van der Waals surface area contributed by atoms with E-state index in [2.05, 4.69) is 0 Å². The van der Waals surface area contributed by atoms with Crippen LogP contribution in [-0.2, 0) is 25.7 Å². The summed E-state index contributed by atoms with van der Waals surface area (Å²) in [6, 6.07) is 11.4. The third-order valence-electron chi connectivity index (χ3n) is 7.06. The van der Waals surface area contributed by atoms with Crippen LogP contribution in [0.5, 0.6) is 57.5 Å². The van der Waals surface area contributed by atoms with E-state index in [4.69, 9.17) is 32.7 Å². The van der Waals surface area contributed by atoms with Crippen molar-refractivity contribution in [3.05, 3.63) is 105 Å². The number of phenolic OH excluding ortho intramolecular Hbond substituents is 6. The zero-order chi connectivity index (χ0) is 30.8. The molecule has 6 N–H and O–H groups in total. The average molecular weight is 623 g/mol. The molecule has 8 nitrogen and oxygen atoms in total. The van der Waals surface area contributed by atoms with E-state index in [9.17, 15) is 30.6 Å². The number of allylic oxidation sites excluding steroid dienone is 4. The molecule has 0 atom stereocenters. The lowest BCUT2D eigenvalue weighted by Crippen LogP contribution is -1.97. The Morgan fingerprint density at radius 3 is 2.00 bits per heavy atom. The zero-order valence-electron chi connectivity index (χ0n) is 22.9. The molecule has 2 aliphatic rings. The first-order chi connectivity index (χ1) is 20.5. The first-order valence-electron chi connectivity index (χ1n) is 13.3. The van der Waals surface area contributed by atoms with Crippen LogP contribution in [-0.4, -0.2) is 30.6 Å². The van der Waals surface area contributed by atoms with E-state index in [1.165, 1.54) is 42.5 Å². The maximum absolute atomic E-state index is 10.7. The van der Waals surface area contributed by atoms with Crippen LogP contribution in [0.3, 0.4) is 0 Å². The molecule has 0 radical (unpaired) electrons. The van der Waals surface area contributed by atoms with Gasteiger partial charge in [-0.15, -0.1) is 0 Å². The maximum Gasteiger partial charge on any atom is 0.210 e. The molecule has 0 fully saturated rings. The molecule has 0 spiro atoms. The topological polar surface area (TPSA) is 140 Å². The fourth-order valence-electron chi connectivity index (χ4n) is 4.82. The Morgan fingerprint density at radius 1 is 0.628 bits per heavy atom. The summed E-state index contributed by atoms with van der Waals surface area (Å²) in [5.74, 6) is -0.718. The second-order valence-corrected chi connectivity index (χ2v) is 11.0. The highest BCUT2D eigenvalue weighted by atomic mass is 35.5. The molecule has 4 aromatic rings. The van der Waals surface area contributed by atoms with Crippen LogP contribution in [0.25, 0.3) is 0 Å². The SMILES string of the molecule is Cc1c2ccc(O)c1C/C=C(/Cl)Cc1cc(O)c(c(O)c1)Oc1cc(c(O)cc1Cl)C/C=C\Cc1cc(O)cc(O)c1O2. The normalized spacial score (nSPS) is 15.6. The molecule has 0 aliphatic carbocycles. The van der Waals surface area contributed by atoms with Gasteiger partial charge in [-0.05, 0) is 73.7 Å². The average Bonchev–Trinajstić information content (AvgIpc) is 2.92. The van der Waals surface area contributed by atoms with E-state index in [1.807, 2.05) is 0 Å². The van der Waals surface area contributed by atoms with Crippen molar-refractivity contribution in [1.82, 2.24) is 0 Å². The van der Waals surface area contributed by atoms with E-state index in [1.54, 1.807) is 31.2 Å². The van der Waals surface area contributed by atoms with E-state index in [0.717, 1.165) is 0 Å². The number of rotatable bonds is 0. The van der Waals surface area contributed by atoms with E-state index in [0.29, 0.717) is 38.6 Å². The fourth-order valence-corrected chi connectivity index (χ4v) is 5.25. The number of halogens is 2. The second kappa shape index (κ2) is 12.3. The smallest absolute Gasteiger partial charge is 0.210 e. The number of ether oxygens (including phenoxy) is 2. The first-order valence-corrected chi connectivity index (χ1v) is 14.0. The van der Waals surface area contributed by atoms with Crippen molar-refractivity contribution in [3.8, 4) is 57.5 Å². The molecule has 0 unspecified atom stereocenters. The summed E-state index contributed by atoms with van der Waals surface area (Å²) in [7, 11) is 0. The molecule has 4 aromatic carbocycles. The van der Waals surface area contributed by atoms with Gasteiger partial charge in [-0.25, -0.2) is 0 Å². The molecule has 2 heterocycles. The quantitative estimate of drug-likeness (QED) is 0.108. The molecule has 0 amide bonds. The minimum Gasteiger partial charge on any atom is -0.508 e. The highest BCUT2D eigenvalue weighted by Crippen LogP contribution is 2.44. The van der Waals surface area contributed by atoms with Crippen LogP contribution in [0.4, 0.5) is 0 Å². The van der Waals surface area contributed by atoms with Crippen LogP contribution in [0.2, 0.25) is 5.02 Å². The van der Waals surface area contributed by atoms with Crippen molar-refractivity contribution >= 4 is 23.2 Å². The first kappa shape index (κ1) is 29.8. The van der Waals surface area contributed by atoms with Gasteiger partial charge in [-0.3, -0.25) is 0 Å². The van der Waals surface area contributed by atoms with E-state index >= 15 is 0 Å². The third kappa shape index (κ3) is 6.56. The fraction of sp³-hybridized carbons (Fsp3) is 0.152. The summed E-state index contributed by atoms with van der Waals surface area (Å²) in [6.45, 7) is 1.77. The molecular weight excluding hydrogens is 595 g/mol. The Morgan fingerprint density at radius 2 is 1.28 bits per heavy atom. The van der Waals surface area contributed by atoms with Crippen LogP contribution >= 0.6 is 23.2 Å². The van der Waals surface area contributed by atoms with Gasteiger partial charge in [0.2, 0.25) is 5.75 Å². The summed E-state index contributed by atoms with van der Waals surface area (Å²) in [6.07, 6.45) is 6.16. The van der Waals surface area contributed by atoms with Crippen molar-refractivity contribution < 1.29 is 40.1 Å². The zero-order valence-corrected chi connectivity index (χ0v) is 24.4. The summed E-state index contributed by atoms with van der Waals surface area (Å²) >= 11 is 12.8. The van der Waals surface area contributed by atoms with Crippen molar-refractivity contribution in [3.63, 3.8) is 0 Å². The van der Waals surface area contributed by atoms with Crippen molar-refractivity contribution in [2.45, 2.75) is 32.6 Å². The second-order valence-electron chi connectivity index (χ2n) is 10.1. The van der Waals surface area contributed by atoms with Gasteiger partial charge in [0.15, 0.2) is 23.0 Å². The molecule has 43 heavy (non-hydrogen) atoms. The van der Waals surface area contributed by atoms with Crippen molar-refractivity contribution in [1.29, 1.82) is 0 Å². The number of phenols is 6. The van der Waals surface area contributed by atoms with Gasteiger partial charge in [-0.1, -0.05) is 41.4 Å². The lowest BCUT2D eigenvalue weighted by Gasteiger charge is -2.17. The third-order valence-corrected chi connectivity index (χ3v) is 7.65. The standard InChI is InChI=1S/C33H28Cl2O8/c1-17-23-7-6-21(34)10-18-11-27(39)33(28(40)12-18)43-31-14-19(26(38)16-24(31)35)4-2-3-5-20-13-22(36)15-29(41)32(20)42-30(17)9-8-25(23)37/h2-3,6,8-9,11-16,36-41H,4-5,7,10H2,1H3/b3-2-,21-6+. The summed E-state index contributed by atoms with van der Waals surface area (Å²) in [5, 5.41) is 63.7. The van der Waals surface area contributed by atoms with Crippen LogP contribution in [0.1, 0.15) is 27.8 Å². The van der Waals surface area contributed by atoms with Crippen LogP contribution in [0, 0.1) is 6.92 Å². The minimum atomic E-state index is -0.337. The largest absolute Gasteiger partial charge is 0.508 e. The van der Waals surface area contributed by atoms with Gasteiger partial charge in [0, 0.05) is 40.3 Å². The molecule has 6 bridgehead atoms. The van der Waals surface area contributed by atoms with Gasteiger partial charge < -0.3 is 40.1 Å². The summed E-state index contributed by atoms with van der Waals surface area (Å²) in [4.78, 5) is 0. The van der Waals surface area contributed by atoms with Crippen LogP contribution in [0.15, 0.2) is 71.8 Å². The molecule has 10 heteroatoms. The van der Waals surface area contributed by atoms with Crippen molar-refractivity contribution in [2.24, 2.45) is 0 Å². The molecule has 0 saturated carbocycles. The molecule has 222 valence electrons. The number of hydrogen-bond acceptors (Lipinski definition) is 8. The lowest BCUT2D eigenvalue weighted by atomic mass is 10.0. The molecule has 6 rings (SSSR count). The monoisotopic (exact) mass is 622 g/mol. The predicted molar refractivity (Wildman–Crippen MR) is 164 cm³/mol. The Labute approximate surface area is 257 Å². The highest BCUT2D eigenvalue weighted by molar-refractivity contribution is 6.32. The number of hydrogen-bond donors (Lipinski definition) is 6. The Balaban J connectivity index is 1.60. The number of benzene rings is 4. The highest BCUT2D eigenvalue weighted by Gasteiger charge is 2.19. The molecule has 0 aromatic heterocycles. The Hall–Kier alpha value is -4.66. The maximum atomic E-state index is 10.7. The molecule has 2 aliphatic heterocycles. The van der Waals surface area contributed by atoms with Gasteiger partial charge in [0.05, 0.1) is 5.02 Å². The predicted octanol–water partition coefficient (Wildman–Crippen LogP) is 8.03. The summed E-state index contributed by atoms with van der Waals surface area (Å²) in [5.41, 5.74) is 2.60. The minimum absolute atomic E-state index is 0.0278. The Bertz CT molecular complexity index is 1750. The van der Waals surface area contributed by atoms with Gasteiger partial charge in [0.25, 0.3) is 0 Å². The van der Waals surface area contributed by atoms with Crippen LogP contribution < -0.4 is 9.47 Å². The summed E-state index contributed by atoms with van der Waals surface area (Å²) < 4.78 is 11.9. The van der Waals surface area contributed by atoms with E-state index < -0.39 is 0 Å². The molecular formula is C33H28Cl2O8. The number of fused-ring (bicyclic) bond motifs is 6. The van der Waals surface area contributed by atoms with Crippen molar-refractivity contribution in [2.75, 3.05) is 0 Å². The van der Waals surface area contributed by atoms with E-state index in [-0.39, 0.29) is 82.5 Å². The lowest BCUT2D eigenvalue weighted by molar-refractivity contribution is 0.375.